The molecule has 76 valence electrons. The fourth-order valence-corrected chi connectivity index (χ4v) is 1.66. The Kier molecular flexibility index (Phi) is 2.72. The van der Waals surface area contributed by atoms with Crippen LogP contribution in [0.2, 0.25) is 0 Å². The fourth-order valence-electron chi connectivity index (χ4n) is 1.66. The van der Waals surface area contributed by atoms with E-state index in [1.165, 1.54) is 0 Å². The molecule has 1 aromatic rings. The van der Waals surface area contributed by atoms with Gasteiger partial charge in [-0.1, -0.05) is 0 Å². The van der Waals surface area contributed by atoms with Gasteiger partial charge in [0.25, 0.3) is 0 Å². The molecule has 2 rings (SSSR count). The number of hydrogen-bond donors (Lipinski definition) is 2. The smallest absolute Gasteiger partial charge is 0.244 e. The fraction of sp³-hybridized carbons (Fsp3) is 0.500. The van der Waals surface area contributed by atoms with Crippen LogP contribution in [0.1, 0.15) is 19.3 Å². The van der Waals surface area contributed by atoms with Crippen LogP contribution in [-0.4, -0.2) is 23.2 Å². The lowest BCUT2D eigenvalue weighted by Crippen LogP contribution is -2.41. The highest BCUT2D eigenvalue weighted by Gasteiger charge is 2.19. The van der Waals surface area contributed by atoms with Gasteiger partial charge in [-0.2, -0.15) is 0 Å². The lowest BCUT2D eigenvalue weighted by Gasteiger charge is -2.16. The van der Waals surface area contributed by atoms with E-state index in [0.717, 1.165) is 25.8 Å². The molecule has 0 aliphatic carbocycles. The molecule has 0 radical (unpaired) electrons. The van der Waals surface area contributed by atoms with Crippen molar-refractivity contribution in [2.75, 3.05) is 12.0 Å². The molecule has 2 heterocycles. The first-order valence-electron chi connectivity index (χ1n) is 5.03. The number of rotatable bonds is 2. The molecule has 1 saturated heterocycles. The first-order valence-corrected chi connectivity index (χ1v) is 5.03. The Morgan fingerprint density at radius 3 is 2.93 bits per heavy atom. The molecule has 1 atom stereocenters. The van der Waals surface area contributed by atoms with E-state index in [2.05, 4.69) is 10.7 Å². The molecule has 0 spiro atoms. The Balaban J connectivity index is 1.98. The third kappa shape index (κ3) is 2.07. The van der Waals surface area contributed by atoms with Gasteiger partial charge in [0.2, 0.25) is 5.91 Å². The van der Waals surface area contributed by atoms with E-state index in [-0.39, 0.29) is 11.9 Å². The van der Waals surface area contributed by atoms with Gasteiger partial charge in [0.05, 0.1) is 0 Å². The highest BCUT2D eigenvalue weighted by molar-refractivity contribution is 5.83. The van der Waals surface area contributed by atoms with Crippen molar-refractivity contribution in [1.29, 1.82) is 0 Å². The number of nitrogens with one attached hydrogen (secondary N) is 2. The summed E-state index contributed by atoms with van der Waals surface area (Å²) in [5.41, 5.74) is 3.16. The van der Waals surface area contributed by atoms with Crippen LogP contribution in [0.15, 0.2) is 24.5 Å². The first-order chi connectivity index (χ1) is 6.86. The van der Waals surface area contributed by atoms with Gasteiger partial charge in [-0.3, -0.25) is 9.47 Å². The topological polar surface area (TPSA) is 46.1 Å². The summed E-state index contributed by atoms with van der Waals surface area (Å²) in [6, 6.07) is 3.77. The Bertz CT molecular complexity index is 294. The second-order valence-corrected chi connectivity index (χ2v) is 3.56. The van der Waals surface area contributed by atoms with E-state index in [1.807, 2.05) is 29.2 Å². The van der Waals surface area contributed by atoms with Crippen molar-refractivity contribution in [3.8, 4) is 0 Å². The lowest BCUT2D eigenvalue weighted by atomic mass is 10.1. The van der Waals surface area contributed by atoms with Gasteiger partial charge in [-0.05, 0) is 31.4 Å². The molecular weight excluding hydrogens is 178 g/mol. The summed E-state index contributed by atoms with van der Waals surface area (Å²) in [6.07, 6.45) is 6.88. The van der Waals surface area contributed by atoms with E-state index >= 15 is 0 Å². The summed E-state index contributed by atoms with van der Waals surface area (Å²) in [4.78, 5) is 11.6. The van der Waals surface area contributed by atoms with Crippen molar-refractivity contribution in [1.82, 2.24) is 9.99 Å². The summed E-state index contributed by atoms with van der Waals surface area (Å²) >= 11 is 0. The van der Waals surface area contributed by atoms with Gasteiger partial charge in [-0.15, -0.1) is 0 Å². The minimum atomic E-state index is -0.0927. The standard InChI is InChI=1S/C10H15N3O/c14-10-9(5-1-2-6-11-10)12-13-7-3-4-8-13/h3-4,7-9,12H,1-2,5-6H2,(H,11,14). The molecular formula is C10H15N3O. The van der Waals surface area contributed by atoms with Gasteiger partial charge in [0.15, 0.2) is 0 Å². The predicted octanol–water partition coefficient (Wildman–Crippen LogP) is 0.700. The summed E-state index contributed by atoms with van der Waals surface area (Å²) in [7, 11) is 0. The molecule has 0 bridgehead atoms. The van der Waals surface area contributed by atoms with Crippen molar-refractivity contribution in [2.24, 2.45) is 0 Å². The van der Waals surface area contributed by atoms with Gasteiger partial charge < -0.3 is 10.7 Å². The quantitative estimate of drug-likeness (QED) is 0.726. The summed E-state index contributed by atoms with van der Waals surface area (Å²) in [5.74, 6) is 0.108. The Hall–Kier alpha value is -1.45. The highest BCUT2D eigenvalue weighted by atomic mass is 16.2. The van der Waals surface area contributed by atoms with Crippen molar-refractivity contribution in [3.63, 3.8) is 0 Å². The van der Waals surface area contributed by atoms with Gasteiger partial charge in [-0.25, -0.2) is 0 Å². The molecule has 1 aliphatic heterocycles. The molecule has 1 unspecified atom stereocenters. The zero-order valence-electron chi connectivity index (χ0n) is 8.07. The van der Waals surface area contributed by atoms with Gasteiger partial charge >= 0.3 is 0 Å². The second kappa shape index (κ2) is 4.17. The Morgan fingerprint density at radius 1 is 1.36 bits per heavy atom. The van der Waals surface area contributed by atoms with Gasteiger partial charge in [0, 0.05) is 18.9 Å². The number of aromatic nitrogens is 1. The average molecular weight is 193 g/mol. The zero-order chi connectivity index (χ0) is 9.80. The second-order valence-electron chi connectivity index (χ2n) is 3.56. The van der Waals surface area contributed by atoms with Gasteiger partial charge in [0.1, 0.15) is 6.04 Å². The minimum Gasteiger partial charge on any atom is -0.354 e. The molecule has 1 fully saturated rings. The van der Waals surface area contributed by atoms with E-state index in [9.17, 15) is 4.79 Å². The third-order valence-electron chi connectivity index (χ3n) is 2.44. The van der Waals surface area contributed by atoms with E-state index in [4.69, 9.17) is 0 Å². The van der Waals surface area contributed by atoms with Crippen LogP contribution in [-0.2, 0) is 4.79 Å². The van der Waals surface area contributed by atoms with E-state index in [1.54, 1.807) is 0 Å². The van der Waals surface area contributed by atoms with E-state index < -0.39 is 0 Å². The Labute approximate surface area is 83.3 Å². The van der Waals surface area contributed by atoms with Crippen LogP contribution < -0.4 is 10.7 Å². The molecule has 2 N–H and O–H groups in total. The average Bonchev–Trinajstić information content (AvgIpc) is 2.60. The lowest BCUT2D eigenvalue weighted by molar-refractivity contribution is -0.121. The number of carbonyl (C=O) groups excluding carboxylic acids is 1. The summed E-state index contributed by atoms with van der Waals surface area (Å²) in [6.45, 7) is 0.808. The molecule has 1 aromatic heterocycles. The van der Waals surface area contributed by atoms with Crippen molar-refractivity contribution < 1.29 is 4.79 Å². The third-order valence-corrected chi connectivity index (χ3v) is 2.44. The maximum Gasteiger partial charge on any atom is 0.244 e. The maximum atomic E-state index is 11.6. The predicted molar refractivity (Wildman–Crippen MR) is 54.4 cm³/mol. The number of hydrogen-bond acceptors (Lipinski definition) is 2. The van der Waals surface area contributed by atoms with Crippen LogP contribution in [0.5, 0.6) is 0 Å². The molecule has 4 heteroatoms. The van der Waals surface area contributed by atoms with Crippen LogP contribution in [0.25, 0.3) is 0 Å². The molecule has 1 aliphatic rings. The van der Waals surface area contributed by atoms with Crippen LogP contribution in [0, 0.1) is 0 Å². The first kappa shape index (κ1) is 9.12. The molecule has 0 saturated carbocycles. The molecule has 14 heavy (non-hydrogen) atoms. The number of nitrogens with zero attached hydrogens (tertiary/aromatic N) is 1. The summed E-state index contributed by atoms with van der Waals surface area (Å²) < 4.78 is 1.83. The molecule has 4 nitrogen and oxygen atoms in total. The van der Waals surface area contributed by atoms with Crippen LogP contribution >= 0.6 is 0 Å². The molecule has 1 amide bonds. The summed E-state index contributed by atoms with van der Waals surface area (Å²) in [5, 5.41) is 2.89. The van der Waals surface area contributed by atoms with E-state index in [0.29, 0.717) is 0 Å². The number of carbonyl (C=O) groups is 1. The van der Waals surface area contributed by atoms with Crippen molar-refractivity contribution in [2.45, 2.75) is 25.3 Å². The zero-order valence-corrected chi connectivity index (χ0v) is 8.07. The van der Waals surface area contributed by atoms with Crippen LogP contribution in [0.3, 0.4) is 0 Å². The largest absolute Gasteiger partial charge is 0.354 e. The SMILES string of the molecule is O=C1NCCCCC1Nn1cccc1. The number of amides is 1. The van der Waals surface area contributed by atoms with Crippen LogP contribution in [0.4, 0.5) is 0 Å². The minimum absolute atomic E-state index is 0.0927. The van der Waals surface area contributed by atoms with Crippen molar-refractivity contribution >= 4 is 5.91 Å². The van der Waals surface area contributed by atoms with Crippen molar-refractivity contribution in [3.05, 3.63) is 24.5 Å². The monoisotopic (exact) mass is 193 g/mol. The molecule has 0 aromatic carbocycles. The highest BCUT2D eigenvalue weighted by Crippen LogP contribution is 2.06. The Morgan fingerprint density at radius 2 is 2.14 bits per heavy atom. The normalized spacial score (nSPS) is 22.6. The maximum absolute atomic E-state index is 11.6.